The SMILES string of the molecule is Cc1cccc(C(=O)O)c1NCCCS(C)(=O)=O. The van der Waals surface area contributed by atoms with Crippen LogP contribution in [0.25, 0.3) is 0 Å². The van der Waals surface area contributed by atoms with Crippen LogP contribution < -0.4 is 5.32 Å². The summed E-state index contributed by atoms with van der Waals surface area (Å²) in [5, 5.41) is 12.0. The lowest BCUT2D eigenvalue weighted by Crippen LogP contribution is -2.12. The van der Waals surface area contributed by atoms with Crippen LogP contribution in [0.15, 0.2) is 18.2 Å². The van der Waals surface area contributed by atoms with E-state index in [2.05, 4.69) is 5.32 Å². The van der Waals surface area contributed by atoms with E-state index >= 15 is 0 Å². The summed E-state index contributed by atoms with van der Waals surface area (Å²) >= 11 is 0. The highest BCUT2D eigenvalue weighted by atomic mass is 32.2. The Morgan fingerprint density at radius 3 is 2.61 bits per heavy atom. The topological polar surface area (TPSA) is 83.5 Å². The molecule has 0 aromatic heterocycles. The van der Waals surface area contributed by atoms with Crippen LogP contribution in [0.5, 0.6) is 0 Å². The molecule has 0 aliphatic carbocycles. The fourth-order valence-electron chi connectivity index (χ4n) is 1.63. The van der Waals surface area contributed by atoms with E-state index < -0.39 is 15.8 Å². The number of sulfone groups is 1. The van der Waals surface area contributed by atoms with Crippen molar-refractivity contribution in [1.82, 2.24) is 0 Å². The molecule has 2 N–H and O–H groups in total. The van der Waals surface area contributed by atoms with Gasteiger partial charge in [-0.25, -0.2) is 13.2 Å². The summed E-state index contributed by atoms with van der Waals surface area (Å²) in [7, 11) is -2.97. The Labute approximate surface area is 107 Å². The summed E-state index contributed by atoms with van der Waals surface area (Å²) in [5.74, 6) is -0.904. The first-order chi connectivity index (χ1) is 8.31. The Morgan fingerprint density at radius 2 is 2.06 bits per heavy atom. The monoisotopic (exact) mass is 271 g/mol. The maximum absolute atomic E-state index is 11.0. The summed E-state index contributed by atoms with van der Waals surface area (Å²) in [6.07, 6.45) is 1.63. The number of carboxylic acids is 1. The molecule has 0 saturated carbocycles. The van der Waals surface area contributed by atoms with E-state index in [-0.39, 0.29) is 11.3 Å². The van der Waals surface area contributed by atoms with Gasteiger partial charge in [0, 0.05) is 12.8 Å². The summed E-state index contributed by atoms with van der Waals surface area (Å²) in [5.41, 5.74) is 1.59. The summed E-state index contributed by atoms with van der Waals surface area (Å²) in [6, 6.07) is 5.01. The number of anilines is 1. The number of carboxylic acid groups (broad SMARTS) is 1. The zero-order valence-corrected chi connectivity index (χ0v) is 11.3. The van der Waals surface area contributed by atoms with Crippen molar-refractivity contribution in [3.8, 4) is 0 Å². The third-order valence-corrected chi connectivity index (χ3v) is 3.53. The van der Waals surface area contributed by atoms with E-state index in [9.17, 15) is 13.2 Å². The lowest BCUT2D eigenvalue weighted by molar-refractivity contribution is 0.0698. The molecule has 0 radical (unpaired) electrons. The van der Waals surface area contributed by atoms with E-state index in [1.165, 1.54) is 12.3 Å². The zero-order valence-electron chi connectivity index (χ0n) is 10.4. The van der Waals surface area contributed by atoms with Gasteiger partial charge in [-0.1, -0.05) is 12.1 Å². The number of hydrogen-bond acceptors (Lipinski definition) is 4. The maximum Gasteiger partial charge on any atom is 0.337 e. The van der Waals surface area contributed by atoms with Gasteiger partial charge >= 0.3 is 5.97 Å². The third-order valence-electron chi connectivity index (χ3n) is 2.50. The highest BCUT2D eigenvalue weighted by Gasteiger charge is 2.11. The standard InChI is InChI=1S/C12H17NO4S/c1-9-5-3-6-10(12(14)15)11(9)13-7-4-8-18(2,16)17/h3,5-6,13H,4,7-8H2,1-2H3,(H,14,15). The minimum absolute atomic E-state index is 0.0916. The summed E-state index contributed by atoms with van der Waals surface area (Å²) < 4.78 is 21.9. The quantitative estimate of drug-likeness (QED) is 0.767. The molecule has 1 aromatic rings. The lowest BCUT2D eigenvalue weighted by atomic mass is 10.1. The number of nitrogens with one attached hydrogen (secondary N) is 1. The average Bonchev–Trinajstić information content (AvgIpc) is 2.24. The minimum atomic E-state index is -2.97. The van der Waals surface area contributed by atoms with Gasteiger partial charge in [-0.2, -0.15) is 0 Å². The predicted molar refractivity (Wildman–Crippen MR) is 71.0 cm³/mol. The normalized spacial score (nSPS) is 11.2. The van der Waals surface area contributed by atoms with Crippen molar-refractivity contribution in [3.63, 3.8) is 0 Å². The number of aromatic carboxylic acids is 1. The van der Waals surface area contributed by atoms with Crippen LogP contribution in [0.3, 0.4) is 0 Å². The smallest absolute Gasteiger partial charge is 0.337 e. The Bertz CT molecular complexity index is 537. The van der Waals surface area contributed by atoms with Gasteiger partial charge in [0.1, 0.15) is 9.84 Å². The molecule has 0 aliphatic rings. The van der Waals surface area contributed by atoms with Gasteiger partial charge in [0.15, 0.2) is 0 Å². The van der Waals surface area contributed by atoms with Crippen molar-refractivity contribution in [2.45, 2.75) is 13.3 Å². The minimum Gasteiger partial charge on any atom is -0.478 e. The molecule has 0 unspecified atom stereocenters. The van der Waals surface area contributed by atoms with Crippen LogP contribution in [0, 0.1) is 6.92 Å². The van der Waals surface area contributed by atoms with Gasteiger partial charge in [0.2, 0.25) is 0 Å². The zero-order chi connectivity index (χ0) is 13.8. The lowest BCUT2D eigenvalue weighted by Gasteiger charge is -2.12. The molecule has 1 rings (SSSR count). The Hall–Kier alpha value is -1.56. The van der Waals surface area contributed by atoms with Crippen molar-refractivity contribution >= 4 is 21.5 Å². The van der Waals surface area contributed by atoms with E-state index in [1.807, 2.05) is 13.0 Å². The van der Waals surface area contributed by atoms with E-state index in [0.29, 0.717) is 18.7 Å². The Kier molecular flexibility index (Phi) is 4.72. The van der Waals surface area contributed by atoms with Crippen molar-refractivity contribution in [2.24, 2.45) is 0 Å². The number of para-hydroxylation sites is 1. The summed E-state index contributed by atoms with van der Waals surface area (Å²) in [6.45, 7) is 2.24. The largest absolute Gasteiger partial charge is 0.478 e. The molecule has 18 heavy (non-hydrogen) atoms. The fraction of sp³-hybridized carbons (Fsp3) is 0.417. The second-order valence-electron chi connectivity index (χ2n) is 4.21. The van der Waals surface area contributed by atoms with Crippen molar-refractivity contribution in [1.29, 1.82) is 0 Å². The molecule has 0 spiro atoms. The molecule has 1 aromatic carbocycles. The molecule has 0 heterocycles. The van der Waals surface area contributed by atoms with Crippen LogP contribution >= 0.6 is 0 Å². The van der Waals surface area contributed by atoms with Crippen LogP contribution in [0.1, 0.15) is 22.3 Å². The Balaban J connectivity index is 2.70. The highest BCUT2D eigenvalue weighted by molar-refractivity contribution is 7.90. The molecule has 5 nitrogen and oxygen atoms in total. The fourth-order valence-corrected chi connectivity index (χ4v) is 2.30. The van der Waals surface area contributed by atoms with Crippen molar-refractivity contribution in [2.75, 3.05) is 23.9 Å². The van der Waals surface area contributed by atoms with Crippen molar-refractivity contribution in [3.05, 3.63) is 29.3 Å². The van der Waals surface area contributed by atoms with Gasteiger partial charge in [0.05, 0.1) is 17.0 Å². The summed E-state index contributed by atoms with van der Waals surface area (Å²) in [4.78, 5) is 11.0. The van der Waals surface area contributed by atoms with E-state index in [1.54, 1.807) is 6.07 Å². The predicted octanol–water partition coefficient (Wildman–Crippen LogP) is 1.54. The molecular weight excluding hydrogens is 254 g/mol. The molecule has 0 saturated heterocycles. The molecule has 0 atom stereocenters. The van der Waals surface area contributed by atoms with Crippen LogP contribution in [-0.4, -0.2) is 38.0 Å². The molecular formula is C12H17NO4S. The number of benzene rings is 1. The van der Waals surface area contributed by atoms with E-state index in [0.717, 1.165) is 5.56 Å². The first kappa shape index (κ1) is 14.5. The number of rotatable bonds is 6. The number of carbonyl (C=O) groups is 1. The van der Waals surface area contributed by atoms with Crippen LogP contribution in [0.4, 0.5) is 5.69 Å². The second kappa shape index (κ2) is 5.86. The third kappa shape index (κ3) is 4.37. The molecule has 0 aliphatic heterocycles. The molecule has 0 amide bonds. The van der Waals surface area contributed by atoms with Crippen LogP contribution in [0.2, 0.25) is 0 Å². The average molecular weight is 271 g/mol. The van der Waals surface area contributed by atoms with Crippen LogP contribution in [-0.2, 0) is 9.84 Å². The number of aryl methyl sites for hydroxylation is 1. The van der Waals surface area contributed by atoms with E-state index in [4.69, 9.17) is 5.11 Å². The van der Waals surface area contributed by atoms with Gasteiger partial charge < -0.3 is 10.4 Å². The molecule has 0 bridgehead atoms. The van der Waals surface area contributed by atoms with Gasteiger partial charge in [0.25, 0.3) is 0 Å². The molecule has 6 heteroatoms. The maximum atomic E-state index is 11.0. The first-order valence-electron chi connectivity index (χ1n) is 5.56. The van der Waals surface area contributed by atoms with Gasteiger partial charge in [-0.3, -0.25) is 0 Å². The number of hydrogen-bond donors (Lipinski definition) is 2. The molecule has 100 valence electrons. The first-order valence-corrected chi connectivity index (χ1v) is 7.62. The Morgan fingerprint density at radius 1 is 1.39 bits per heavy atom. The highest BCUT2D eigenvalue weighted by Crippen LogP contribution is 2.20. The van der Waals surface area contributed by atoms with Crippen molar-refractivity contribution < 1.29 is 18.3 Å². The molecule has 0 fully saturated rings. The second-order valence-corrected chi connectivity index (χ2v) is 6.47. The van der Waals surface area contributed by atoms with Gasteiger partial charge in [-0.15, -0.1) is 0 Å². The van der Waals surface area contributed by atoms with Gasteiger partial charge in [-0.05, 0) is 25.0 Å².